The monoisotopic (exact) mass is 324 g/mol. The van der Waals surface area contributed by atoms with E-state index in [-0.39, 0.29) is 25.0 Å². The summed E-state index contributed by atoms with van der Waals surface area (Å²) >= 11 is 0. The van der Waals surface area contributed by atoms with Crippen LogP contribution in [0.3, 0.4) is 0 Å². The summed E-state index contributed by atoms with van der Waals surface area (Å²) < 4.78 is 8.88. The molecule has 0 aliphatic heterocycles. The molecule has 2 atom stereocenters. The van der Waals surface area contributed by atoms with Gasteiger partial charge in [0.1, 0.15) is 6.10 Å². The molecule has 7 nitrogen and oxygen atoms in total. The Bertz CT molecular complexity index is 550. The van der Waals surface area contributed by atoms with Gasteiger partial charge in [-0.3, -0.25) is 14.4 Å². The summed E-state index contributed by atoms with van der Waals surface area (Å²) in [6, 6.07) is 5.94. The molecule has 0 saturated carbocycles. The highest BCUT2D eigenvalue weighted by molar-refractivity contribution is 5.97. The number of Topliss-reactive ketones (excluding diaryl/α,β-unsaturated/α-hetero) is 1. The van der Waals surface area contributed by atoms with E-state index >= 15 is 0 Å². The molecule has 0 heterocycles. The van der Waals surface area contributed by atoms with Gasteiger partial charge in [0.2, 0.25) is 0 Å². The second-order valence-corrected chi connectivity index (χ2v) is 4.91. The lowest BCUT2D eigenvalue weighted by Crippen LogP contribution is -2.22. The number of hydrogen-bond acceptors (Lipinski definition) is 7. The molecule has 0 radical (unpaired) electrons. The Balaban J connectivity index is 2.66. The molecule has 23 heavy (non-hydrogen) atoms. The number of hydrogen-bond donors (Lipinski definition) is 2. The third-order valence-corrected chi connectivity index (χ3v) is 3.33. The van der Waals surface area contributed by atoms with Crippen LogP contribution in [0.2, 0.25) is 0 Å². The van der Waals surface area contributed by atoms with Gasteiger partial charge in [-0.1, -0.05) is 24.3 Å². The molecule has 0 aliphatic rings. The second-order valence-electron chi connectivity index (χ2n) is 4.91. The van der Waals surface area contributed by atoms with E-state index in [1.807, 2.05) is 0 Å². The van der Waals surface area contributed by atoms with Crippen LogP contribution >= 0.6 is 0 Å². The summed E-state index contributed by atoms with van der Waals surface area (Å²) in [6.45, 7) is 0. The standard InChI is InChI=1S/C16H20O7/c1-22-14(19)8-7-12(17)10-3-5-11(6-4-10)16(21)13(18)9-15(20)23-2/h3-6,13,16,18,21H,7-9H2,1-2H3. The highest BCUT2D eigenvalue weighted by atomic mass is 16.5. The normalized spacial score (nSPS) is 13.0. The lowest BCUT2D eigenvalue weighted by molar-refractivity contribution is -0.144. The van der Waals surface area contributed by atoms with Gasteiger partial charge in [-0.2, -0.15) is 0 Å². The molecule has 1 aromatic carbocycles. The van der Waals surface area contributed by atoms with E-state index in [4.69, 9.17) is 0 Å². The van der Waals surface area contributed by atoms with Crippen molar-refractivity contribution >= 4 is 17.7 Å². The highest BCUT2D eigenvalue weighted by Crippen LogP contribution is 2.20. The van der Waals surface area contributed by atoms with Crippen molar-refractivity contribution in [3.63, 3.8) is 0 Å². The molecule has 7 heteroatoms. The fourth-order valence-electron chi connectivity index (χ4n) is 1.92. The molecule has 2 N–H and O–H groups in total. The fourth-order valence-corrected chi connectivity index (χ4v) is 1.92. The highest BCUT2D eigenvalue weighted by Gasteiger charge is 2.22. The Labute approximate surface area is 133 Å². The first-order valence-electron chi connectivity index (χ1n) is 7.02. The average Bonchev–Trinajstić information content (AvgIpc) is 2.58. The van der Waals surface area contributed by atoms with Crippen molar-refractivity contribution < 1.29 is 34.1 Å². The molecule has 0 saturated heterocycles. The Hall–Kier alpha value is -2.25. The van der Waals surface area contributed by atoms with Crippen molar-refractivity contribution in [2.45, 2.75) is 31.5 Å². The van der Waals surface area contributed by atoms with Crippen LogP contribution in [-0.2, 0) is 19.1 Å². The Kier molecular flexibility index (Phi) is 7.37. The maximum absolute atomic E-state index is 11.9. The van der Waals surface area contributed by atoms with Gasteiger partial charge >= 0.3 is 11.9 Å². The van der Waals surface area contributed by atoms with E-state index < -0.39 is 24.1 Å². The van der Waals surface area contributed by atoms with Gasteiger partial charge in [0.05, 0.1) is 33.2 Å². The van der Waals surface area contributed by atoms with Crippen molar-refractivity contribution in [1.82, 2.24) is 0 Å². The number of carbonyl (C=O) groups is 3. The van der Waals surface area contributed by atoms with Gasteiger partial charge in [0.15, 0.2) is 5.78 Å². The molecule has 0 spiro atoms. The summed E-state index contributed by atoms with van der Waals surface area (Å²) in [6.07, 6.45) is -2.88. The van der Waals surface area contributed by atoms with Crippen molar-refractivity contribution in [3.05, 3.63) is 35.4 Å². The Morgan fingerprint density at radius 2 is 1.52 bits per heavy atom. The van der Waals surface area contributed by atoms with E-state index in [9.17, 15) is 24.6 Å². The van der Waals surface area contributed by atoms with Crippen molar-refractivity contribution in [3.8, 4) is 0 Å². The van der Waals surface area contributed by atoms with Gasteiger partial charge in [0.25, 0.3) is 0 Å². The first kappa shape index (κ1) is 18.8. The number of methoxy groups -OCH3 is 2. The summed E-state index contributed by atoms with van der Waals surface area (Å²) in [4.78, 5) is 34.0. The maximum Gasteiger partial charge on any atom is 0.308 e. The Morgan fingerprint density at radius 3 is 2.04 bits per heavy atom. The first-order valence-corrected chi connectivity index (χ1v) is 7.02. The van der Waals surface area contributed by atoms with Crippen LogP contribution < -0.4 is 0 Å². The van der Waals surface area contributed by atoms with Crippen molar-refractivity contribution in [2.75, 3.05) is 14.2 Å². The number of benzene rings is 1. The second kappa shape index (κ2) is 9.02. The zero-order valence-corrected chi connectivity index (χ0v) is 13.0. The quantitative estimate of drug-likeness (QED) is 0.537. The zero-order chi connectivity index (χ0) is 17.4. The number of rotatable bonds is 8. The predicted molar refractivity (Wildman–Crippen MR) is 79.6 cm³/mol. The van der Waals surface area contributed by atoms with Crippen molar-refractivity contribution in [1.29, 1.82) is 0 Å². The van der Waals surface area contributed by atoms with Crippen LogP contribution in [0.4, 0.5) is 0 Å². The van der Waals surface area contributed by atoms with E-state index in [0.29, 0.717) is 11.1 Å². The minimum Gasteiger partial charge on any atom is -0.469 e. The molecule has 1 rings (SSSR count). The third-order valence-electron chi connectivity index (χ3n) is 3.33. The third kappa shape index (κ3) is 5.80. The molecule has 1 aromatic rings. The van der Waals surface area contributed by atoms with Gasteiger partial charge in [-0.05, 0) is 5.56 Å². The van der Waals surface area contributed by atoms with Crippen LogP contribution in [0.1, 0.15) is 41.3 Å². The predicted octanol–water partition coefficient (Wildman–Crippen LogP) is 0.780. The minimum atomic E-state index is -1.30. The number of aliphatic hydroxyl groups is 2. The van der Waals surface area contributed by atoms with Crippen LogP contribution in [0.25, 0.3) is 0 Å². The number of esters is 2. The molecular weight excluding hydrogens is 304 g/mol. The van der Waals surface area contributed by atoms with E-state index in [1.54, 1.807) is 0 Å². The van der Waals surface area contributed by atoms with Crippen LogP contribution in [0.15, 0.2) is 24.3 Å². The number of ether oxygens (including phenoxy) is 2. The average molecular weight is 324 g/mol. The smallest absolute Gasteiger partial charge is 0.308 e. The van der Waals surface area contributed by atoms with Gasteiger partial charge in [-0.25, -0.2) is 0 Å². The van der Waals surface area contributed by atoms with Gasteiger partial charge in [-0.15, -0.1) is 0 Å². The number of aliphatic hydroxyl groups excluding tert-OH is 2. The SMILES string of the molecule is COC(=O)CCC(=O)c1ccc(C(O)C(O)CC(=O)OC)cc1. The van der Waals surface area contributed by atoms with E-state index in [2.05, 4.69) is 9.47 Å². The molecule has 0 aliphatic carbocycles. The molecule has 0 aromatic heterocycles. The first-order chi connectivity index (χ1) is 10.9. The summed E-state index contributed by atoms with van der Waals surface area (Å²) in [7, 11) is 2.44. The van der Waals surface area contributed by atoms with Crippen molar-refractivity contribution in [2.24, 2.45) is 0 Å². The number of ketones is 1. The van der Waals surface area contributed by atoms with Gasteiger partial charge < -0.3 is 19.7 Å². The summed E-state index contributed by atoms with van der Waals surface area (Å²) in [5.41, 5.74) is 0.748. The summed E-state index contributed by atoms with van der Waals surface area (Å²) in [5.74, 6) is -1.32. The molecular formula is C16H20O7. The molecule has 0 fully saturated rings. The van der Waals surface area contributed by atoms with Gasteiger partial charge in [0, 0.05) is 12.0 Å². The summed E-state index contributed by atoms with van der Waals surface area (Å²) in [5, 5.41) is 19.7. The Morgan fingerprint density at radius 1 is 0.957 bits per heavy atom. The molecule has 126 valence electrons. The minimum absolute atomic E-state index is 0.00243. The fraction of sp³-hybridized carbons (Fsp3) is 0.438. The largest absolute Gasteiger partial charge is 0.469 e. The van der Waals surface area contributed by atoms with Crippen LogP contribution in [0.5, 0.6) is 0 Å². The lowest BCUT2D eigenvalue weighted by atomic mass is 9.99. The topological polar surface area (TPSA) is 110 Å². The molecule has 2 unspecified atom stereocenters. The van der Waals surface area contributed by atoms with Crippen LogP contribution in [-0.4, -0.2) is 48.3 Å². The lowest BCUT2D eigenvalue weighted by Gasteiger charge is -2.17. The zero-order valence-electron chi connectivity index (χ0n) is 13.0. The van der Waals surface area contributed by atoms with E-state index in [0.717, 1.165) is 0 Å². The number of carbonyl (C=O) groups excluding carboxylic acids is 3. The van der Waals surface area contributed by atoms with E-state index in [1.165, 1.54) is 38.5 Å². The molecule has 0 amide bonds. The maximum atomic E-state index is 11.9. The molecule has 0 bridgehead atoms. The van der Waals surface area contributed by atoms with Crippen LogP contribution in [0, 0.1) is 0 Å².